The molecule has 0 atom stereocenters. The molecule has 2 heterocycles. The Hall–Kier alpha value is -1.75. The molecule has 0 spiro atoms. The molecule has 2 aromatic heterocycles. The van der Waals surface area contributed by atoms with E-state index in [1.807, 2.05) is 13.8 Å². The average molecular weight is 256 g/mol. The summed E-state index contributed by atoms with van der Waals surface area (Å²) in [4.78, 5) is 11.2. The summed E-state index contributed by atoms with van der Waals surface area (Å²) in [6, 6.07) is 3.07. The van der Waals surface area contributed by atoms with Gasteiger partial charge in [0.1, 0.15) is 5.56 Å². The van der Waals surface area contributed by atoms with Crippen LogP contribution < -0.4 is 0 Å². The normalized spacial score (nSPS) is 11.1. The van der Waals surface area contributed by atoms with Gasteiger partial charge in [-0.1, -0.05) is 19.0 Å². The second-order valence-electron chi connectivity index (χ2n) is 3.83. The summed E-state index contributed by atoms with van der Waals surface area (Å²) in [5, 5.41) is 13.1. The van der Waals surface area contributed by atoms with Gasteiger partial charge >= 0.3 is 5.97 Å². The van der Waals surface area contributed by atoms with Crippen LogP contribution in [0.1, 0.15) is 35.9 Å². The third-order valence-corrected chi connectivity index (χ3v) is 2.47. The van der Waals surface area contributed by atoms with E-state index in [0.717, 1.165) is 0 Å². The van der Waals surface area contributed by atoms with Crippen LogP contribution >= 0.6 is 11.6 Å². The fraction of sp³-hybridized carbons (Fsp3) is 0.273. The number of furan rings is 1. The molecule has 1 N–H and O–H groups in total. The van der Waals surface area contributed by atoms with Gasteiger partial charge in [0.2, 0.25) is 0 Å². The summed E-state index contributed by atoms with van der Waals surface area (Å²) in [7, 11) is 0. The summed E-state index contributed by atoms with van der Waals surface area (Å²) in [5.74, 6) is -0.576. The van der Waals surface area contributed by atoms with E-state index in [1.165, 1.54) is 6.07 Å². The number of hydrogen-bond acceptors (Lipinski definition) is 4. The summed E-state index contributed by atoms with van der Waals surface area (Å²) >= 11 is 5.64. The van der Waals surface area contributed by atoms with Crippen molar-refractivity contribution in [1.29, 1.82) is 0 Å². The van der Waals surface area contributed by atoms with Crippen molar-refractivity contribution >= 4 is 17.6 Å². The van der Waals surface area contributed by atoms with Crippen LogP contribution in [0, 0.1) is 0 Å². The first-order valence-electron chi connectivity index (χ1n) is 4.99. The minimum atomic E-state index is -1.10. The van der Waals surface area contributed by atoms with E-state index in [1.54, 1.807) is 6.07 Å². The first kappa shape index (κ1) is 11.7. The van der Waals surface area contributed by atoms with Crippen molar-refractivity contribution in [2.75, 3.05) is 0 Å². The molecule has 0 bridgehead atoms. The number of carbonyl (C=O) groups is 1. The van der Waals surface area contributed by atoms with Gasteiger partial charge in [-0.25, -0.2) is 4.79 Å². The Kier molecular flexibility index (Phi) is 2.93. The van der Waals surface area contributed by atoms with Crippen molar-refractivity contribution in [1.82, 2.24) is 5.16 Å². The predicted octanol–water partition coefficient (Wildman–Crippen LogP) is 3.41. The van der Waals surface area contributed by atoms with E-state index >= 15 is 0 Å². The van der Waals surface area contributed by atoms with Crippen LogP contribution in [0.3, 0.4) is 0 Å². The number of carboxylic acid groups (broad SMARTS) is 1. The average Bonchev–Trinajstić information content (AvgIpc) is 2.82. The molecule has 0 radical (unpaired) electrons. The van der Waals surface area contributed by atoms with Crippen molar-refractivity contribution in [2.45, 2.75) is 19.8 Å². The lowest BCUT2D eigenvalue weighted by atomic mass is 10.0. The highest BCUT2D eigenvalue weighted by molar-refractivity contribution is 6.29. The van der Waals surface area contributed by atoms with Crippen molar-refractivity contribution in [3.8, 4) is 11.5 Å². The van der Waals surface area contributed by atoms with Crippen LogP contribution in [0.25, 0.3) is 11.5 Å². The van der Waals surface area contributed by atoms with E-state index in [0.29, 0.717) is 5.76 Å². The van der Waals surface area contributed by atoms with Gasteiger partial charge < -0.3 is 14.0 Å². The van der Waals surface area contributed by atoms with Crippen molar-refractivity contribution in [3.05, 3.63) is 28.7 Å². The van der Waals surface area contributed by atoms with Crippen LogP contribution in [-0.4, -0.2) is 16.2 Å². The van der Waals surface area contributed by atoms with Gasteiger partial charge in [0.25, 0.3) is 0 Å². The van der Waals surface area contributed by atoms with Gasteiger partial charge in [0.05, 0.1) is 0 Å². The molecule has 0 saturated carbocycles. The minimum absolute atomic E-state index is 0.0195. The Morgan fingerprint density at radius 2 is 2.18 bits per heavy atom. The Bertz CT molecular complexity index is 556. The molecule has 6 heteroatoms. The Balaban J connectivity index is 2.59. The van der Waals surface area contributed by atoms with Crippen LogP contribution in [0.15, 0.2) is 21.1 Å². The molecule has 2 aromatic rings. The number of nitrogens with zero attached hydrogens (tertiary/aromatic N) is 1. The standard InChI is InChI=1S/C11H10ClNO4/c1-5(2)10-8(11(14)15)9(13-17-10)6-3-4-7(12)16-6/h3-5H,1-2H3,(H,14,15). The molecule has 0 aliphatic rings. The summed E-state index contributed by atoms with van der Waals surface area (Å²) in [5.41, 5.74) is 0.180. The molecule has 90 valence electrons. The number of hydrogen-bond donors (Lipinski definition) is 1. The van der Waals surface area contributed by atoms with Gasteiger partial charge in [0.15, 0.2) is 22.4 Å². The maximum Gasteiger partial charge on any atom is 0.341 e. The maximum absolute atomic E-state index is 11.2. The topological polar surface area (TPSA) is 76.5 Å². The van der Waals surface area contributed by atoms with E-state index in [2.05, 4.69) is 5.16 Å². The third-order valence-electron chi connectivity index (χ3n) is 2.26. The highest BCUT2D eigenvalue weighted by atomic mass is 35.5. The summed E-state index contributed by atoms with van der Waals surface area (Å²) in [6.07, 6.45) is 0. The highest BCUT2D eigenvalue weighted by Gasteiger charge is 2.26. The van der Waals surface area contributed by atoms with Gasteiger partial charge in [0, 0.05) is 5.92 Å². The molecule has 2 rings (SSSR count). The molecule has 0 unspecified atom stereocenters. The lowest BCUT2D eigenvalue weighted by Crippen LogP contribution is -2.02. The van der Waals surface area contributed by atoms with Crippen molar-refractivity contribution in [3.63, 3.8) is 0 Å². The van der Waals surface area contributed by atoms with E-state index < -0.39 is 5.97 Å². The number of carboxylic acids is 1. The Labute approximate surface area is 102 Å². The number of halogens is 1. The van der Waals surface area contributed by atoms with Crippen LogP contribution in [0.2, 0.25) is 5.22 Å². The Morgan fingerprint density at radius 1 is 1.47 bits per heavy atom. The molecular formula is C11H10ClNO4. The molecule has 0 aliphatic heterocycles. The second-order valence-corrected chi connectivity index (χ2v) is 4.21. The van der Waals surface area contributed by atoms with Crippen molar-refractivity contribution < 1.29 is 18.8 Å². The molecule has 0 saturated heterocycles. The molecule has 5 nitrogen and oxygen atoms in total. The van der Waals surface area contributed by atoms with E-state index in [-0.39, 0.29) is 28.2 Å². The smallest absolute Gasteiger partial charge is 0.341 e. The van der Waals surface area contributed by atoms with Gasteiger partial charge in [-0.05, 0) is 23.7 Å². The number of rotatable bonds is 3. The summed E-state index contributed by atoms with van der Waals surface area (Å²) in [6.45, 7) is 3.65. The SMILES string of the molecule is CC(C)c1onc(-c2ccc(Cl)o2)c1C(=O)O. The fourth-order valence-corrected chi connectivity index (χ4v) is 1.66. The first-order valence-corrected chi connectivity index (χ1v) is 5.37. The van der Waals surface area contributed by atoms with E-state index in [4.69, 9.17) is 20.5 Å². The predicted molar refractivity (Wildman–Crippen MR) is 60.3 cm³/mol. The van der Waals surface area contributed by atoms with Gasteiger partial charge in [-0.3, -0.25) is 0 Å². The summed E-state index contributed by atoms with van der Waals surface area (Å²) < 4.78 is 10.2. The van der Waals surface area contributed by atoms with Gasteiger partial charge in [-0.15, -0.1) is 0 Å². The number of aromatic carboxylic acids is 1. The van der Waals surface area contributed by atoms with E-state index in [9.17, 15) is 9.90 Å². The maximum atomic E-state index is 11.2. The molecule has 17 heavy (non-hydrogen) atoms. The zero-order valence-corrected chi connectivity index (χ0v) is 9.99. The van der Waals surface area contributed by atoms with Crippen LogP contribution in [-0.2, 0) is 0 Å². The lowest BCUT2D eigenvalue weighted by molar-refractivity contribution is 0.0694. The quantitative estimate of drug-likeness (QED) is 0.909. The third kappa shape index (κ3) is 2.06. The second kappa shape index (κ2) is 4.25. The van der Waals surface area contributed by atoms with Crippen molar-refractivity contribution in [2.24, 2.45) is 0 Å². The molecule has 0 fully saturated rings. The molecule has 0 aliphatic carbocycles. The molecule has 0 aromatic carbocycles. The zero-order valence-electron chi connectivity index (χ0n) is 9.23. The molecule has 0 amide bonds. The lowest BCUT2D eigenvalue weighted by Gasteiger charge is -2.00. The minimum Gasteiger partial charge on any atom is -0.477 e. The monoisotopic (exact) mass is 255 g/mol. The van der Waals surface area contributed by atoms with Crippen LogP contribution in [0.4, 0.5) is 0 Å². The Morgan fingerprint density at radius 3 is 2.65 bits per heavy atom. The highest BCUT2D eigenvalue weighted by Crippen LogP contribution is 2.31. The first-order chi connectivity index (χ1) is 8.00. The zero-order chi connectivity index (χ0) is 12.6. The number of aromatic nitrogens is 1. The van der Waals surface area contributed by atoms with Gasteiger partial charge in [-0.2, -0.15) is 0 Å². The largest absolute Gasteiger partial charge is 0.477 e. The fourth-order valence-electron chi connectivity index (χ4n) is 1.51. The molecular weight excluding hydrogens is 246 g/mol. The van der Waals surface area contributed by atoms with Crippen LogP contribution in [0.5, 0.6) is 0 Å².